The molecule has 2 heterocycles. The second-order valence-electron chi connectivity index (χ2n) is 13.3. The van der Waals surface area contributed by atoms with E-state index in [0.717, 1.165) is 11.4 Å². The number of rotatable bonds is 2. The molecular formula is C48H30N2. The fraction of sp³-hybridized carbons (Fsp3) is 0. The maximum absolute atomic E-state index is 2.43. The molecule has 232 valence electrons. The Morgan fingerprint density at radius 2 is 0.480 bits per heavy atom. The lowest BCUT2D eigenvalue weighted by molar-refractivity contribution is 1.18. The Morgan fingerprint density at radius 1 is 0.220 bits per heavy atom. The highest BCUT2D eigenvalue weighted by Crippen LogP contribution is 2.49. The van der Waals surface area contributed by atoms with Gasteiger partial charge in [-0.2, -0.15) is 0 Å². The summed E-state index contributed by atoms with van der Waals surface area (Å²) in [6, 6.07) is 67.0. The molecule has 2 heteroatoms. The number of para-hydroxylation sites is 4. The summed E-state index contributed by atoms with van der Waals surface area (Å²) in [6.07, 6.45) is 0. The molecule has 0 amide bonds. The maximum atomic E-state index is 2.43. The molecule has 0 fully saturated rings. The first-order chi connectivity index (χ1) is 24.8. The van der Waals surface area contributed by atoms with Gasteiger partial charge in [-0.05, 0) is 93.0 Å². The summed E-state index contributed by atoms with van der Waals surface area (Å²) in [7, 11) is 0. The molecule has 0 aliphatic heterocycles. The zero-order valence-electron chi connectivity index (χ0n) is 27.2. The predicted molar refractivity (Wildman–Crippen MR) is 210 cm³/mol. The fourth-order valence-corrected chi connectivity index (χ4v) is 8.57. The number of fused-ring (bicyclic) bond motifs is 14. The minimum Gasteiger partial charge on any atom is -0.309 e. The number of aromatic nitrogens is 2. The molecular weight excluding hydrogens is 605 g/mol. The van der Waals surface area contributed by atoms with Gasteiger partial charge in [0.05, 0.1) is 22.1 Å². The van der Waals surface area contributed by atoms with E-state index in [1.165, 1.54) is 88.1 Å². The van der Waals surface area contributed by atoms with Crippen molar-refractivity contribution < 1.29 is 0 Å². The Kier molecular flexibility index (Phi) is 5.70. The number of hydrogen-bond acceptors (Lipinski definition) is 0. The summed E-state index contributed by atoms with van der Waals surface area (Å²) in [4.78, 5) is 0. The Morgan fingerprint density at radius 3 is 0.840 bits per heavy atom. The first-order valence-corrected chi connectivity index (χ1v) is 17.3. The second kappa shape index (κ2) is 10.4. The lowest BCUT2D eigenvalue weighted by atomic mass is 9.80. The van der Waals surface area contributed by atoms with E-state index < -0.39 is 0 Å². The summed E-state index contributed by atoms with van der Waals surface area (Å²) in [5.41, 5.74) is 17.1. The maximum Gasteiger partial charge on any atom is 0.0541 e. The van der Waals surface area contributed by atoms with Crippen molar-refractivity contribution in [3.8, 4) is 55.9 Å². The van der Waals surface area contributed by atoms with E-state index in [0.29, 0.717) is 0 Å². The van der Waals surface area contributed by atoms with E-state index in [9.17, 15) is 0 Å². The molecule has 0 saturated heterocycles. The molecule has 2 nitrogen and oxygen atoms in total. The summed E-state index contributed by atoms with van der Waals surface area (Å²) >= 11 is 0. The van der Waals surface area contributed by atoms with E-state index in [-0.39, 0.29) is 0 Å². The van der Waals surface area contributed by atoms with Crippen molar-refractivity contribution >= 4 is 43.6 Å². The third-order valence-electron chi connectivity index (χ3n) is 10.7. The van der Waals surface area contributed by atoms with Gasteiger partial charge >= 0.3 is 0 Å². The summed E-state index contributed by atoms with van der Waals surface area (Å²) < 4.78 is 4.85. The average Bonchev–Trinajstić information content (AvgIpc) is 3.70. The fourth-order valence-electron chi connectivity index (χ4n) is 8.57. The summed E-state index contributed by atoms with van der Waals surface area (Å²) in [6.45, 7) is 0. The van der Waals surface area contributed by atoms with Gasteiger partial charge in [0.15, 0.2) is 0 Å². The van der Waals surface area contributed by atoms with Gasteiger partial charge < -0.3 is 9.13 Å². The molecule has 1 aliphatic carbocycles. The first-order valence-electron chi connectivity index (χ1n) is 17.3. The van der Waals surface area contributed by atoms with Crippen molar-refractivity contribution in [3.63, 3.8) is 0 Å². The van der Waals surface area contributed by atoms with E-state index >= 15 is 0 Å². The lowest BCUT2D eigenvalue weighted by Gasteiger charge is -2.24. The largest absolute Gasteiger partial charge is 0.309 e. The Hall–Kier alpha value is -6.64. The Labute approximate surface area is 289 Å². The molecule has 2 aromatic heterocycles. The van der Waals surface area contributed by atoms with Crippen molar-refractivity contribution in [3.05, 3.63) is 182 Å². The lowest BCUT2D eigenvalue weighted by Crippen LogP contribution is -2.01. The van der Waals surface area contributed by atoms with Crippen LogP contribution in [-0.2, 0) is 0 Å². The highest BCUT2D eigenvalue weighted by Gasteiger charge is 2.24. The molecule has 8 aromatic carbocycles. The highest BCUT2D eigenvalue weighted by molar-refractivity contribution is 6.11. The van der Waals surface area contributed by atoms with Crippen LogP contribution in [0.3, 0.4) is 0 Å². The molecule has 11 rings (SSSR count). The monoisotopic (exact) mass is 634 g/mol. The van der Waals surface area contributed by atoms with Crippen LogP contribution in [0.1, 0.15) is 0 Å². The number of hydrogen-bond donors (Lipinski definition) is 0. The van der Waals surface area contributed by atoms with Crippen LogP contribution in [0.5, 0.6) is 0 Å². The van der Waals surface area contributed by atoms with Crippen LogP contribution in [0.15, 0.2) is 182 Å². The van der Waals surface area contributed by atoms with E-state index in [2.05, 4.69) is 191 Å². The first kappa shape index (κ1) is 27.3. The van der Waals surface area contributed by atoms with Crippen molar-refractivity contribution in [1.82, 2.24) is 9.13 Å². The summed E-state index contributed by atoms with van der Waals surface area (Å²) in [5.74, 6) is 0. The van der Waals surface area contributed by atoms with Crippen molar-refractivity contribution in [2.24, 2.45) is 0 Å². The van der Waals surface area contributed by atoms with Crippen molar-refractivity contribution in [1.29, 1.82) is 0 Å². The Balaban J connectivity index is 1.24. The van der Waals surface area contributed by atoms with Gasteiger partial charge in [0.25, 0.3) is 0 Å². The zero-order chi connectivity index (χ0) is 32.8. The standard InChI is InChI=1S/C48H30N2/c1-2-15-35-33(13-1)34-14-3-4-16-36(34)43-29-32(50-47-23-11-7-19-41(47)42-20-8-12-24-48(42)50)26-28-38(43)44-30-31(25-27-37(35)44)49-45-21-9-5-17-39(45)40-18-6-10-22-46(40)49/h1-30H. The smallest absolute Gasteiger partial charge is 0.0541 e. The molecule has 1 aliphatic rings. The van der Waals surface area contributed by atoms with Crippen LogP contribution >= 0.6 is 0 Å². The van der Waals surface area contributed by atoms with Crippen LogP contribution in [-0.4, -0.2) is 9.13 Å². The quantitative estimate of drug-likeness (QED) is 0.179. The molecule has 50 heavy (non-hydrogen) atoms. The minimum atomic E-state index is 1.16. The molecule has 0 saturated carbocycles. The van der Waals surface area contributed by atoms with Gasteiger partial charge in [-0.25, -0.2) is 0 Å². The molecule has 0 atom stereocenters. The van der Waals surface area contributed by atoms with E-state index in [1.54, 1.807) is 0 Å². The molecule has 0 N–H and O–H groups in total. The van der Waals surface area contributed by atoms with Crippen molar-refractivity contribution in [2.45, 2.75) is 0 Å². The number of benzene rings is 8. The summed E-state index contributed by atoms with van der Waals surface area (Å²) in [5, 5.41) is 5.08. The third-order valence-corrected chi connectivity index (χ3v) is 10.7. The highest BCUT2D eigenvalue weighted by atomic mass is 15.0. The Bertz CT molecular complexity index is 2740. The van der Waals surface area contributed by atoms with Gasteiger partial charge in [0, 0.05) is 32.9 Å². The molecule has 0 bridgehead atoms. The van der Waals surface area contributed by atoms with Gasteiger partial charge in [-0.1, -0.05) is 133 Å². The zero-order valence-corrected chi connectivity index (χ0v) is 27.2. The molecule has 0 unspecified atom stereocenters. The van der Waals surface area contributed by atoms with E-state index in [1.807, 2.05) is 0 Å². The SMILES string of the molecule is c1ccc2c(c1)-c1ccccc1-c1cc(-n3c4ccccc4c4ccccc43)ccc1-c1cc(-n3c4ccccc4c4ccccc43)ccc1-2. The van der Waals surface area contributed by atoms with Crippen LogP contribution in [0.2, 0.25) is 0 Å². The second-order valence-corrected chi connectivity index (χ2v) is 13.3. The van der Waals surface area contributed by atoms with Gasteiger partial charge in [-0.3, -0.25) is 0 Å². The normalized spacial score (nSPS) is 12.0. The topological polar surface area (TPSA) is 9.86 Å². The van der Waals surface area contributed by atoms with Gasteiger partial charge in [0.2, 0.25) is 0 Å². The average molecular weight is 635 g/mol. The van der Waals surface area contributed by atoms with Gasteiger partial charge in [0.1, 0.15) is 0 Å². The van der Waals surface area contributed by atoms with Crippen LogP contribution in [0, 0.1) is 0 Å². The van der Waals surface area contributed by atoms with Crippen LogP contribution in [0.25, 0.3) is 99.5 Å². The third kappa shape index (κ3) is 3.79. The van der Waals surface area contributed by atoms with Gasteiger partial charge in [-0.15, -0.1) is 0 Å². The van der Waals surface area contributed by atoms with Crippen molar-refractivity contribution in [2.75, 3.05) is 0 Å². The van der Waals surface area contributed by atoms with Crippen LogP contribution < -0.4 is 0 Å². The molecule has 0 spiro atoms. The number of nitrogens with zero attached hydrogens (tertiary/aromatic N) is 2. The van der Waals surface area contributed by atoms with Crippen LogP contribution in [0.4, 0.5) is 0 Å². The van der Waals surface area contributed by atoms with E-state index in [4.69, 9.17) is 0 Å². The predicted octanol–water partition coefficient (Wildman–Crippen LogP) is 12.9. The minimum absolute atomic E-state index is 1.16. The molecule has 0 radical (unpaired) electrons. The molecule has 10 aromatic rings.